The van der Waals surface area contributed by atoms with E-state index >= 15 is 0 Å². The molecule has 3 heterocycles. The third-order valence-corrected chi connectivity index (χ3v) is 6.04. The van der Waals surface area contributed by atoms with Gasteiger partial charge in [0, 0.05) is 12.1 Å². The molecule has 0 atom stereocenters. The fraction of sp³-hybridized carbons (Fsp3) is 0.385. The van der Waals surface area contributed by atoms with Crippen molar-refractivity contribution >= 4 is 11.6 Å². The summed E-state index contributed by atoms with van der Waals surface area (Å²) in [4.78, 5) is 0. The van der Waals surface area contributed by atoms with Crippen LogP contribution in [0.25, 0.3) is 0 Å². The number of halogens is 1. The Morgan fingerprint density at radius 1 is 1.09 bits per heavy atom. The topological polar surface area (TPSA) is 72.1 Å². The van der Waals surface area contributed by atoms with Gasteiger partial charge in [-0.2, -0.15) is 5.10 Å². The minimum Gasteiger partial charge on any atom is -0.452 e. The maximum atomic E-state index is 14.5. The Morgan fingerprint density at radius 3 is 2.50 bits per heavy atom. The van der Waals surface area contributed by atoms with Crippen LogP contribution in [0.1, 0.15) is 41.9 Å². The SMILES string of the molecule is Cc1cc(C2=NN(c3ccc(C4(F)COC4)cc3)CO2)nn1Cc1cccc(CC(C)(C)O)c1. The first-order chi connectivity index (χ1) is 16.2. The van der Waals surface area contributed by atoms with E-state index in [1.54, 1.807) is 17.1 Å². The van der Waals surface area contributed by atoms with E-state index in [9.17, 15) is 9.50 Å². The summed E-state index contributed by atoms with van der Waals surface area (Å²) in [6.45, 7) is 6.71. The first-order valence-corrected chi connectivity index (χ1v) is 11.4. The molecule has 0 bridgehead atoms. The lowest BCUT2D eigenvalue weighted by Crippen LogP contribution is -2.42. The maximum absolute atomic E-state index is 14.5. The smallest absolute Gasteiger partial charge is 0.261 e. The van der Waals surface area contributed by atoms with E-state index in [2.05, 4.69) is 17.2 Å². The average Bonchev–Trinajstić information content (AvgIpc) is 3.39. The van der Waals surface area contributed by atoms with Gasteiger partial charge in [-0.05, 0) is 55.7 Å². The molecule has 0 unspecified atom stereocenters. The number of hydrazone groups is 1. The van der Waals surface area contributed by atoms with Crippen LogP contribution in [0.15, 0.2) is 59.7 Å². The predicted molar refractivity (Wildman–Crippen MR) is 128 cm³/mol. The Balaban J connectivity index is 1.29. The Bertz CT molecular complexity index is 1210. The Labute approximate surface area is 198 Å². The van der Waals surface area contributed by atoms with Gasteiger partial charge in [0.2, 0.25) is 0 Å². The summed E-state index contributed by atoms with van der Waals surface area (Å²) in [5, 5.41) is 21.1. The van der Waals surface area contributed by atoms with Gasteiger partial charge in [0.1, 0.15) is 5.69 Å². The fourth-order valence-corrected chi connectivity index (χ4v) is 4.21. The summed E-state index contributed by atoms with van der Waals surface area (Å²) < 4.78 is 27.2. The van der Waals surface area contributed by atoms with E-state index in [-0.39, 0.29) is 19.9 Å². The molecule has 178 valence electrons. The van der Waals surface area contributed by atoms with Crippen LogP contribution in [0.4, 0.5) is 10.1 Å². The van der Waals surface area contributed by atoms with Gasteiger partial charge in [0.25, 0.3) is 5.90 Å². The zero-order chi connectivity index (χ0) is 23.9. The van der Waals surface area contributed by atoms with Gasteiger partial charge in [-0.15, -0.1) is 5.10 Å². The molecule has 3 aromatic rings. The van der Waals surface area contributed by atoms with E-state index in [1.165, 1.54) is 0 Å². The van der Waals surface area contributed by atoms with E-state index < -0.39 is 11.3 Å². The summed E-state index contributed by atoms with van der Waals surface area (Å²) >= 11 is 0. The number of aromatic nitrogens is 2. The van der Waals surface area contributed by atoms with Crippen molar-refractivity contribution in [1.29, 1.82) is 0 Å². The zero-order valence-electron chi connectivity index (χ0n) is 19.7. The molecule has 1 saturated heterocycles. The third kappa shape index (κ3) is 4.69. The number of hydrogen-bond acceptors (Lipinski definition) is 6. The van der Waals surface area contributed by atoms with Crippen molar-refractivity contribution in [2.24, 2.45) is 5.10 Å². The minimum absolute atomic E-state index is 0.104. The number of aryl methyl sites for hydroxylation is 1. The monoisotopic (exact) mass is 464 g/mol. The van der Waals surface area contributed by atoms with Crippen molar-refractivity contribution in [2.45, 2.75) is 45.0 Å². The Hall–Kier alpha value is -3.23. The second-order valence-corrected chi connectivity index (χ2v) is 9.72. The first kappa shape index (κ1) is 22.6. The highest BCUT2D eigenvalue weighted by molar-refractivity contribution is 5.94. The van der Waals surface area contributed by atoms with Crippen LogP contribution in [-0.2, 0) is 28.1 Å². The van der Waals surface area contributed by atoms with Crippen molar-refractivity contribution in [3.8, 4) is 0 Å². The summed E-state index contributed by atoms with van der Waals surface area (Å²) in [6.07, 6.45) is 0.589. The van der Waals surface area contributed by atoms with Gasteiger partial charge < -0.3 is 14.6 Å². The first-order valence-electron chi connectivity index (χ1n) is 11.4. The van der Waals surface area contributed by atoms with Crippen LogP contribution in [-0.4, -0.2) is 46.3 Å². The van der Waals surface area contributed by atoms with E-state index in [1.807, 2.05) is 55.8 Å². The van der Waals surface area contributed by atoms with Crippen LogP contribution in [0.2, 0.25) is 0 Å². The number of benzene rings is 2. The number of nitrogens with zero attached hydrogens (tertiary/aromatic N) is 4. The van der Waals surface area contributed by atoms with Crippen molar-refractivity contribution < 1.29 is 19.0 Å². The molecule has 2 aliphatic heterocycles. The lowest BCUT2D eigenvalue weighted by molar-refractivity contribution is -0.135. The number of rotatable bonds is 7. The number of alkyl halides is 1. The van der Waals surface area contributed by atoms with Crippen LogP contribution < -0.4 is 5.01 Å². The molecule has 0 saturated carbocycles. The highest BCUT2D eigenvalue weighted by atomic mass is 19.1. The van der Waals surface area contributed by atoms with Crippen molar-refractivity contribution in [2.75, 3.05) is 25.0 Å². The predicted octanol–water partition coefficient (Wildman–Crippen LogP) is 3.90. The van der Waals surface area contributed by atoms with Crippen molar-refractivity contribution in [1.82, 2.24) is 9.78 Å². The minimum atomic E-state index is -1.38. The number of anilines is 1. The molecule has 0 radical (unpaired) electrons. The maximum Gasteiger partial charge on any atom is 0.261 e. The molecule has 1 aromatic heterocycles. The van der Waals surface area contributed by atoms with Gasteiger partial charge >= 0.3 is 0 Å². The molecule has 2 aromatic carbocycles. The van der Waals surface area contributed by atoms with Crippen molar-refractivity contribution in [3.63, 3.8) is 0 Å². The molecule has 1 fully saturated rings. The molecule has 0 spiro atoms. The summed E-state index contributed by atoms with van der Waals surface area (Å²) in [5.41, 5.74) is 3.16. The summed E-state index contributed by atoms with van der Waals surface area (Å²) in [6, 6.07) is 17.4. The van der Waals surface area contributed by atoms with Gasteiger partial charge in [0.05, 0.1) is 31.0 Å². The molecule has 34 heavy (non-hydrogen) atoms. The lowest BCUT2D eigenvalue weighted by Gasteiger charge is -2.34. The number of hydrogen-bond donors (Lipinski definition) is 1. The number of ether oxygens (including phenoxy) is 2. The fourth-order valence-electron chi connectivity index (χ4n) is 4.21. The Morgan fingerprint density at radius 2 is 1.82 bits per heavy atom. The van der Waals surface area contributed by atoms with Crippen LogP contribution in [0.5, 0.6) is 0 Å². The second-order valence-electron chi connectivity index (χ2n) is 9.72. The van der Waals surface area contributed by atoms with Gasteiger partial charge in [-0.1, -0.05) is 36.4 Å². The molecular formula is C26H29FN4O3. The quantitative estimate of drug-likeness (QED) is 0.574. The van der Waals surface area contributed by atoms with E-state index in [4.69, 9.17) is 14.6 Å². The second kappa shape index (κ2) is 8.52. The molecule has 1 N–H and O–H groups in total. The lowest BCUT2D eigenvalue weighted by atomic mass is 9.94. The van der Waals surface area contributed by atoms with Crippen LogP contribution >= 0.6 is 0 Å². The summed E-state index contributed by atoms with van der Waals surface area (Å²) in [7, 11) is 0. The third-order valence-electron chi connectivity index (χ3n) is 6.04. The summed E-state index contributed by atoms with van der Waals surface area (Å²) in [5.74, 6) is 0.455. The van der Waals surface area contributed by atoms with Gasteiger partial charge in [-0.3, -0.25) is 4.68 Å². The van der Waals surface area contributed by atoms with Crippen molar-refractivity contribution in [3.05, 3.63) is 82.7 Å². The van der Waals surface area contributed by atoms with Crippen LogP contribution in [0, 0.1) is 6.92 Å². The molecule has 8 heteroatoms. The Kier molecular flexibility index (Phi) is 5.65. The molecule has 0 amide bonds. The zero-order valence-corrected chi connectivity index (χ0v) is 19.7. The highest BCUT2D eigenvalue weighted by Crippen LogP contribution is 2.35. The molecule has 5 rings (SSSR count). The molecule has 2 aliphatic rings. The normalized spacial score (nSPS) is 17.3. The highest BCUT2D eigenvalue weighted by Gasteiger charge is 2.40. The average molecular weight is 465 g/mol. The number of aliphatic hydroxyl groups is 1. The molecule has 7 nitrogen and oxygen atoms in total. The van der Waals surface area contributed by atoms with E-state index in [0.717, 1.165) is 22.5 Å². The standard InChI is InChI=1S/C26H29FN4O3/c1-18-11-23(28-30(18)14-20-6-4-5-19(12-20)13-25(2,3)32)24-29-31(17-34-24)22-9-7-21(8-10-22)26(27)15-33-16-26/h4-12,32H,13-17H2,1-3H3. The molecule has 0 aliphatic carbocycles. The van der Waals surface area contributed by atoms with E-state index in [0.29, 0.717) is 30.1 Å². The molecular weight excluding hydrogens is 435 g/mol. The van der Waals surface area contributed by atoms with Crippen LogP contribution in [0.3, 0.4) is 0 Å². The van der Waals surface area contributed by atoms with Gasteiger partial charge in [0.15, 0.2) is 12.4 Å². The largest absolute Gasteiger partial charge is 0.452 e. The van der Waals surface area contributed by atoms with Gasteiger partial charge in [-0.25, -0.2) is 9.40 Å².